The normalized spacial score (nSPS) is 18.8. The maximum atomic E-state index is 5.70. The number of rotatable bonds is 10. The lowest BCUT2D eigenvalue weighted by molar-refractivity contribution is 0.104. The van der Waals surface area contributed by atoms with E-state index in [-0.39, 0.29) is 0 Å². The standard InChI is InChI=1S/C28H42BN4O2/c1-23(2)32-17-13-30(14-18-32)21-25-5-9-27(10-6-25)34-29-35-28-11-7-26(8-12-28)22-31-15-19-33(20-16-31)24(3)4/h5-12,23-24H,13-22H2,1-4H3. The molecule has 0 spiro atoms. The van der Waals surface area contributed by atoms with E-state index in [1.807, 2.05) is 24.3 Å². The lowest BCUT2D eigenvalue weighted by atomic mass is 10.1. The molecule has 0 aromatic heterocycles. The molecule has 0 N–H and O–H groups in total. The Labute approximate surface area is 213 Å². The fourth-order valence-electron chi connectivity index (χ4n) is 4.87. The van der Waals surface area contributed by atoms with Gasteiger partial charge < -0.3 is 9.31 Å². The zero-order valence-corrected chi connectivity index (χ0v) is 22.0. The van der Waals surface area contributed by atoms with Crippen LogP contribution in [-0.2, 0) is 13.1 Å². The van der Waals surface area contributed by atoms with Crippen molar-refractivity contribution >= 4 is 7.69 Å². The number of piperazine rings is 2. The molecular formula is C28H42BN4O2. The van der Waals surface area contributed by atoms with Crippen LogP contribution in [0.3, 0.4) is 0 Å². The number of nitrogens with zero attached hydrogens (tertiary/aromatic N) is 4. The molecule has 2 aromatic rings. The second kappa shape index (κ2) is 12.8. The molecule has 0 atom stereocenters. The first-order valence-corrected chi connectivity index (χ1v) is 13.2. The van der Waals surface area contributed by atoms with Gasteiger partial charge in [0.05, 0.1) is 0 Å². The van der Waals surface area contributed by atoms with Gasteiger partial charge in [-0.3, -0.25) is 19.6 Å². The van der Waals surface area contributed by atoms with Gasteiger partial charge in [0.15, 0.2) is 0 Å². The lowest BCUT2D eigenvalue weighted by Crippen LogP contribution is -2.48. The van der Waals surface area contributed by atoms with E-state index >= 15 is 0 Å². The first-order chi connectivity index (χ1) is 17.0. The molecule has 189 valence electrons. The van der Waals surface area contributed by atoms with E-state index in [9.17, 15) is 0 Å². The zero-order valence-electron chi connectivity index (χ0n) is 22.0. The Morgan fingerprint density at radius 1 is 0.571 bits per heavy atom. The van der Waals surface area contributed by atoms with Gasteiger partial charge in [0, 0.05) is 77.5 Å². The molecule has 2 aliphatic rings. The minimum atomic E-state index is 0.640. The lowest BCUT2D eigenvalue weighted by Gasteiger charge is -2.36. The first-order valence-electron chi connectivity index (χ1n) is 13.2. The fourth-order valence-corrected chi connectivity index (χ4v) is 4.87. The number of benzene rings is 2. The van der Waals surface area contributed by atoms with Crippen LogP contribution in [0.5, 0.6) is 11.5 Å². The molecule has 35 heavy (non-hydrogen) atoms. The molecule has 0 unspecified atom stereocenters. The maximum Gasteiger partial charge on any atom is 0.658 e. The van der Waals surface area contributed by atoms with Gasteiger partial charge in [-0.25, -0.2) is 0 Å². The fraction of sp³-hybridized carbons (Fsp3) is 0.571. The van der Waals surface area contributed by atoms with Crippen LogP contribution >= 0.6 is 0 Å². The quantitative estimate of drug-likeness (QED) is 0.485. The second-order valence-corrected chi connectivity index (χ2v) is 10.4. The second-order valence-electron chi connectivity index (χ2n) is 10.4. The molecule has 4 rings (SSSR count). The molecule has 0 saturated carbocycles. The molecular weight excluding hydrogens is 435 g/mol. The Morgan fingerprint density at radius 2 is 0.914 bits per heavy atom. The average molecular weight is 477 g/mol. The summed E-state index contributed by atoms with van der Waals surface area (Å²) in [4.78, 5) is 10.1. The van der Waals surface area contributed by atoms with Crippen molar-refractivity contribution in [1.29, 1.82) is 0 Å². The summed E-state index contributed by atoms with van der Waals surface area (Å²) in [5.41, 5.74) is 2.63. The molecule has 2 aliphatic heterocycles. The van der Waals surface area contributed by atoms with Crippen LogP contribution < -0.4 is 9.31 Å². The van der Waals surface area contributed by atoms with Crippen molar-refractivity contribution in [3.05, 3.63) is 59.7 Å². The molecule has 6 nitrogen and oxygen atoms in total. The van der Waals surface area contributed by atoms with Crippen molar-refractivity contribution in [3.8, 4) is 11.5 Å². The zero-order chi connectivity index (χ0) is 24.6. The highest BCUT2D eigenvalue weighted by atomic mass is 16.6. The van der Waals surface area contributed by atoms with E-state index in [0.29, 0.717) is 12.1 Å². The predicted octanol–water partition coefficient (Wildman–Crippen LogP) is 3.73. The highest BCUT2D eigenvalue weighted by Crippen LogP contribution is 2.17. The molecule has 0 aliphatic carbocycles. The van der Waals surface area contributed by atoms with Gasteiger partial charge in [0.25, 0.3) is 0 Å². The summed E-state index contributed by atoms with van der Waals surface area (Å²) in [6, 6.07) is 17.9. The van der Waals surface area contributed by atoms with E-state index in [0.717, 1.165) is 76.9 Å². The third-order valence-corrected chi connectivity index (χ3v) is 7.30. The molecule has 2 aromatic carbocycles. The smallest absolute Gasteiger partial charge is 0.526 e. The summed E-state index contributed by atoms with van der Waals surface area (Å²) >= 11 is 0. The van der Waals surface area contributed by atoms with Crippen LogP contribution in [0.15, 0.2) is 48.5 Å². The van der Waals surface area contributed by atoms with Gasteiger partial charge in [0.1, 0.15) is 11.5 Å². The molecule has 2 heterocycles. The molecule has 2 saturated heterocycles. The Bertz CT molecular complexity index is 801. The molecule has 7 heteroatoms. The summed E-state index contributed by atoms with van der Waals surface area (Å²) in [7, 11) is 1.42. The van der Waals surface area contributed by atoms with Gasteiger partial charge in [-0.2, -0.15) is 0 Å². The van der Waals surface area contributed by atoms with Crippen molar-refractivity contribution < 1.29 is 9.31 Å². The summed E-state index contributed by atoms with van der Waals surface area (Å²) in [6.45, 7) is 20.2. The van der Waals surface area contributed by atoms with Crippen molar-refractivity contribution in [2.75, 3.05) is 52.4 Å². The highest BCUT2D eigenvalue weighted by Gasteiger charge is 2.19. The first kappa shape index (κ1) is 26.0. The van der Waals surface area contributed by atoms with Crippen molar-refractivity contribution in [1.82, 2.24) is 19.6 Å². The van der Waals surface area contributed by atoms with Gasteiger partial charge in [0.2, 0.25) is 0 Å². The molecule has 2 fully saturated rings. The summed E-state index contributed by atoms with van der Waals surface area (Å²) in [5.74, 6) is 1.58. The summed E-state index contributed by atoms with van der Waals surface area (Å²) in [6.07, 6.45) is 0. The third kappa shape index (κ3) is 7.97. The van der Waals surface area contributed by atoms with Crippen LogP contribution in [0.1, 0.15) is 38.8 Å². The molecule has 0 bridgehead atoms. The van der Waals surface area contributed by atoms with Crippen LogP contribution in [0.25, 0.3) is 0 Å². The van der Waals surface area contributed by atoms with Gasteiger partial charge in [-0.05, 0) is 63.1 Å². The van der Waals surface area contributed by atoms with E-state index in [1.165, 1.54) is 18.8 Å². The topological polar surface area (TPSA) is 31.4 Å². The summed E-state index contributed by atoms with van der Waals surface area (Å²) < 4.78 is 11.4. The Hall–Kier alpha value is -2.06. The van der Waals surface area contributed by atoms with E-state index in [2.05, 4.69) is 71.6 Å². The Balaban J connectivity index is 1.14. The Kier molecular flexibility index (Phi) is 9.49. The minimum absolute atomic E-state index is 0.640. The molecule has 0 amide bonds. The van der Waals surface area contributed by atoms with Crippen LogP contribution in [0.4, 0.5) is 0 Å². The molecule has 1 radical (unpaired) electrons. The van der Waals surface area contributed by atoms with E-state index in [4.69, 9.17) is 9.31 Å². The number of hydrogen-bond acceptors (Lipinski definition) is 6. The van der Waals surface area contributed by atoms with Gasteiger partial charge in [-0.1, -0.05) is 24.3 Å². The Morgan fingerprint density at radius 3 is 1.23 bits per heavy atom. The third-order valence-electron chi connectivity index (χ3n) is 7.30. The maximum absolute atomic E-state index is 5.70. The summed E-state index contributed by atoms with van der Waals surface area (Å²) in [5, 5.41) is 0. The van der Waals surface area contributed by atoms with E-state index < -0.39 is 0 Å². The average Bonchev–Trinajstić information content (AvgIpc) is 2.87. The van der Waals surface area contributed by atoms with Gasteiger partial charge >= 0.3 is 7.69 Å². The van der Waals surface area contributed by atoms with Crippen LogP contribution in [-0.4, -0.2) is 91.7 Å². The predicted molar refractivity (Wildman–Crippen MR) is 144 cm³/mol. The van der Waals surface area contributed by atoms with Crippen LogP contribution in [0.2, 0.25) is 0 Å². The van der Waals surface area contributed by atoms with Gasteiger partial charge in [-0.15, -0.1) is 0 Å². The monoisotopic (exact) mass is 477 g/mol. The SMILES string of the molecule is CC(C)N1CCN(Cc2ccc(O[B]Oc3ccc(CN4CCN(C(C)C)CC4)cc3)cc2)CC1. The van der Waals surface area contributed by atoms with Crippen molar-refractivity contribution in [2.45, 2.75) is 52.9 Å². The van der Waals surface area contributed by atoms with Crippen LogP contribution in [0, 0.1) is 0 Å². The highest BCUT2D eigenvalue weighted by molar-refractivity contribution is 6.20. The van der Waals surface area contributed by atoms with E-state index in [1.54, 1.807) is 0 Å². The van der Waals surface area contributed by atoms with Crippen molar-refractivity contribution in [2.24, 2.45) is 0 Å². The minimum Gasteiger partial charge on any atom is -0.526 e. The number of hydrogen-bond donors (Lipinski definition) is 0. The van der Waals surface area contributed by atoms with Crippen molar-refractivity contribution in [3.63, 3.8) is 0 Å². The largest absolute Gasteiger partial charge is 0.658 e.